The fourth-order valence-corrected chi connectivity index (χ4v) is 2.30. The number of hydrogen-bond donors (Lipinski definition) is 1. The highest BCUT2D eigenvalue weighted by Gasteiger charge is 2.07. The van der Waals surface area contributed by atoms with Crippen LogP contribution in [0.2, 0.25) is 0 Å². The zero-order valence-corrected chi connectivity index (χ0v) is 14.2. The van der Waals surface area contributed by atoms with Gasteiger partial charge in [0.25, 0.3) is 0 Å². The van der Waals surface area contributed by atoms with Crippen molar-refractivity contribution in [2.45, 2.75) is 20.4 Å². The van der Waals surface area contributed by atoms with Gasteiger partial charge in [-0.1, -0.05) is 36.4 Å². The molecule has 2 amide bonds. The predicted molar refractivity (Wildman–Crippen MR) is 97.4 cm³/mol. The molecule has 0 unspecified atom stereocenters. The summed E-state index contributed by atoms with van der Waals surface area (Å²) < 4.78 is 0. The van der Waals surface area contributed by atoms with Crippen LogP contribution in [0.4, 0.5) is 5.69 Å². The van der Waals surface area contributed by atoms with Crippen molar-refractivity contribution in [3.05, 3.63) is 71.3 Å². The van der Waals surface area contributed by atoms with Crippen molar-refractivity contribution < 1.29 is 9.59 Å². The Morgan fingerprint density at radius 1 is 1.08 bits per heavy atom. The summed E-state index contributed by atoms with van der Waals surface area (Å²) in [6, 6.07) is 15.4. The molecule has 0 radical (unpaired) electrons. The molecule has 0 aliphatic rings. The minimum Gasteiger partial charge on any atom is -0.338 e. The van der Waals surface area contributed by atoms with Crippen LogP contribution in [0, 0.1) is 6.92 Å². The number of amides is 2. The maximum atomic E-state index is 12.2. The lowest BCUT2D eigenvalue weighted by Gasteiger charge is -2.16. The van der Waals surface area contributed by atoms with E-state index in [1.807, 2.05) is 55.5 Å². The summed E-state index contributed by atoms with van der Waals surface area (Å²) in [7, 11) is 1.79. The lowest BCUT2D eigenvalue weighted by molar-refractivity contribution is -0.125. The Morgan fingerprint density at radius 2 is 1.75 bits per heavy atom. The van der Waals surface area contributed by atoms with Gasteiger partial charge in [-0.05, 0) is 41.8 Å². The first-order valence-corrected chi connectivity index (χ1v) is 7.81. The number of likely N-dealkylation sites (N-methyl/N-ethyl adjacent to an activating group) is 1. The molecule has 0 saturated carbocycles. The summed E-state index contributed by atoms with van der Waals surface area (Å²) in [4.78, 5) is 24.9. The summed E-state index contributed by atoms with van der Waals surface area (Å²) in [5.41, 5.74) is 3.96. The van der Waals surface area contributed by atoms with E-state index in [9.17, 15) is 9.59 Å². The van der Waals surface area contributed by atoms with Crippen LogP contribution in [0.1, 0.15) is 23.6 Å². The standard InChI is InChI=1S/C20H22N2O2/c1-15-6-4-5-7-18(15)14-22(3)20(24)13-10-17-8-11-19(12-9-17)21-16(2)23/h4-13H,14H2,1-3H3,(H,21,23). The first-order valence-electron chi connectivity index (χ1n) is 7.81. The number of anilines is 1. The van der Waals surface area contributed by atoms with Gasteiger partial charge in [-0.2, -0.15) is 0 Å². The summed E-state index contributed by atoms with van der Waals surface area (Å²) in [5.74, 6) is -0.157. The fraction of sp³-hybridized carbons (Fsp3) is 0.200. The second-order valence-electron chi connectivity index (χ2n) is 5.76. The number of hydrogen-bond acceptors (Lipinski definition) is 2. The van der Waals surface area contributed by atoms with E-state index >= 15 is 0 Å². The largest absolute Gasteiger partial charge is 0.338 e. The van der Waals surface area contributed by atoms with Crippen molar-refractivity contribution in [3.8, 4) is 0 Å². The normalized spacial score (nSPS) is 10.6. The van der Waals surface area contributed by atoms with Crippen LogP contribution in [0.5, 0.6) is 0 Å². The molecule has 0 spiro atoms. The molecular weight excluding hydrogens is 300 g/mol. The van der Waals surface area contributed by atoms with Crippen molar-refractivity contribution >= 4 is 23.6 Å². The van der Waals surface area contributed by atoms with Gasteiger partial charge in [0, 0.05) is 32.3 Å². The molecule has 24 heavy (non-hydrogen) atoms. The lowest BCUT2D eigenvalue weighted by Crippen LogP contribution is -2.24. The van der Waals surface area contributed by atoms with Crippen LogP contribution in [-0.4, -0.2) is 23.8 Å². The summed E-state index contributed by atoms with van der Waals surface area (Å²) in [5, 5.41) is 2.71. The average molecular weight is 322 g/mol. The van der Waals surface area contributed by atoms with Gasteiger partial charge < -0.3 is 10.2 Å². The third kappa shape index (κ3) is 5.09. The van der Waals surface area contributed by atoms with Crippen LogP contribution in [0.15, 0.2) is 54.6 Å². The topological polar surface area (TPSA) is 49.4 Å². The molecule has 0 atom stereocenters. The van der Waals surface area contributed by atoms with Gasteiger partial charge in [-0.25, -0.2) is 0 Å². The van der Waals surface area contributed by atoms with Crippen LogP contribution in [0.3, 0.4) is 0 Å². The van der Waals surface area contributed by atoms with Gasteiger partial charge in [-0.3, -0.25) is 9.59 Å². The van der Waals surface area contributed by atoms with Crippen molar-refractivity contribution in [1.29, 1.82) is 0 Å². The average Bonchev–Trinajstić information content (AvgIpc) is 2.55. The number of nitrogens with one attached hydrogen (secondary N) is 1. The van der Waals surface area contributed by atoms with Crippen molar-refractivity contribution in [3.63, 3.8) is 0 Å². The highest BCUT2D eigenvalue weighted by atomic mass is 16.2. The summed E-state index contributed by atoms with van der Waals surface area (Å²) in [6.45, 7) is 4.09. The molecule has 0 saturated heterocycles. The monoisotopic (exact) mass is 322 g/mol. The number of rotatable bonds is 5. The highest BCUT2D eigenvalue weighted by molar-refractivity contribution is 5.92. The van der Waals surface area contributed by atoms with E-state index in [1.54, 1.807) is 24.1 Å². The van der Waals surface area contributed by atoms with E-state index in [4.69, 9.17) is 0 Å². The van der Waals surface area contributed by atoms with Crippen molar-refractivity contribution in [2.24, 2.45) is 0 Å². The molecule has 4 nitrogen and oxygen atoms in total. The van der Waals surface area contributed by atoms with E-state index in [1.165, 1.54) is 12.5 Å². The molecule has 124 valence electrons. The fourth-order valence-electron chi connectivity index (χ4n) is 2.30. The smallest absolute Gasteiger partial charge is 0.246 e. The molecule has 0 aromatic heterocycles. The quantitative estimate of drug-likeness (QED) is 0.855. The Labute approximate surface area is 142 Å². The molecule has 0 heterocycles. The highest BCUT2D eigenvalue weighted by Crippen LogP contribution is 2.12. The van der Waals surface area contributed by atoms with E-state index < -0.39 is 0 Å². The van der Waals surface area contributed by atoms with Gasteiger partial charge >= 0.3 is 0 Å². The molecule has 0 fully saturated rings. The minimum atomic E-state index is -0.105. The molecule has 0 aliphatic heterocycles. The number of benzene rings is 2. The number of nitrogens with zero attached hydrogens (tertiary/aromatic N) is 1. The number of carbonyl (C=O) groups excluding carboxylic acids is 2. The van der Waals surface area contributed by atoms with E-state index in [-0.39, 0.29) is 11.8 Å². The first-order chi connectivity index (χ1) is 11.5. The van der Waals surface area contributed by atoms with Crippen molar-refractivity contribution in [1.82, 2.24) is 4.90 Å². The molecule has 2 rings (SSSR count). The zero-order valence-electron chi connectivity index (χ0n) is 14.2. The molecule has 0 aliphatic carbocycles. The van der Waals surface area contributed by atoms with E-state index in [2.05, 4.69) is 5.32 Å². The molecule has 4 heteroatoms. The summed E-state index contributed by atoms with van der Waals surface area (Å²) in [6.07, 6.45) is 3.33. The third-order valence-electron chi connectivity index (χ3n) is 3.69. The first kappa shape index (κ1) is 17.5. The van der Waals surface area contributed by atoms with Gasteiger partial charge in [0.2, 0.25) is 11.8 Å². The van der Waals surface area contributed by atoms with Gasteiger partial charge in [-0.15, -0.1) is 0 Å². The van der Waals surface area contributed by atoms with Crippen molar-refractivity contribution in [2.75, 3.05) is 12.4 Å². The number of aryl methyl sites for hydroxylation is 1. The second kappa shape index (κ2) is 8.11. The predicted octanol–water partition coefficient (Wildman–Crippen LogP) is 3.63. The maximum absolute atomic E-state index is 12.2. The number of carbonyl (C=O) groups is 2. The molecule has 0 bridgehead atoms. The lowest BCUT2D eigenvalue weighted by atomic mass is 10.1. The summed E-state index contributed by atoms with van der Waals surface area (Å²) >= 11 is 0. The van der Waals surface area contributed by atoms with Crippen LogP contribution >= 0.6 is 0 Å². The van der Waals surface area contributed by atoms with E-state index in [0.29, 0.717) is 6.54 Å². The molecular formula is C20H22N2O2. The Balaban J connectivity index is 1.96. The van der Waals surface area contributed by atoms with Crippen LogP contribution in [-0.2, 0) is 16.1 Å². The van der Waals surface area contributed by atoms with Gasteiger partial charge in [0.1, 0.15) is 0 Å². The molecule has 2 aromatic rings. The molecule has 2 aromatic carbocycles. The SMILES string of the molecule is CC(=O)Nc1ccc(C=CC(=O)N(C)Cc2ccccc2C)cc1. The minimum absolute atomic E-state index is 0.0517. The molecule has 1 N–H and O–H groups in total. The maximum Gasteiger partial charge on any atom is 0.246 e. The van der Waals surface area contributed by atoms with Gasteiger partial charge in [0.15, 0.2) is 0 Å². The Morgan fingerprint density at radius 3 is 2.38 bits per heavy atom. The Hall–Kier alpha value is -2.88. The van der Waals surface area contributed by atoms with E-state index in [0.717, 1.165) is 16.8 Å². The Kier molecular flexibility index (Phi) is 5.90. The second-order valence-corrected chi connectivity index (χ2v) is 5.76. The third-order valence-corrected chi connectivity index (χ3v) is 3.69. The van der Waals surface area contributed by atoms with Crippen LogP contribution < -0.4 is 5.32 Å². The van der Waals surface area contributed by atoms with Crippen LogP contribution in [0.25, 0.3) is 6.08 Å². The zero-order chi connectivity index (χ0) is 17.5. The Bertz CT molecular complexity index is 748. The van der Waals surface area contributed by atoms with Gasteiger partial charge in [0.05, 0.1) is 0 Å².